The van der Waals surface area contributed by atoms with Gasteiger partial charge in [-0.1, -0.05) is 29.3 Å². The number of ether oxygens (including phenoxy) is 1. The molecule has 1 N–H and O–H groups in total. The van der Waals surface area contributed by atoms with Crippen molar-refractivity contribution in [3.8, 4) is 11.6 Å². The van der Waals surface area contributed by atoms with Gasteiger partial charge in [0.2, 0.25) is 5.88 Å². The second-order valence-electron chi connectivity index (χ2n) is 4.15. The zero-order valence-electron chi connectivity index (χ0n) is 10.7. The van der Waals surface area contributed by atoms with Crippen LogP contribution in [-0.4, -0.2) is 12.0 Å². The summed E-state index contributed by atoms with van der Waals surface area (Å²) < 4.78 is 5.61. The molecule has 2 rings (SSSR count). The Kier molecular flexibility index (Phi) is 4.64. The quantitative estimate of drug-likeness (QED) is 0.904. The first-order chi connectivity index (χ1) is 9.08. The number of pyridine rings is 1. The van der Waals surface area contributed by atoms with Crippen LogP contribution in [0.5, 0.6) is 11.6 Å². The highest BCUT2D eigenvalue weighted by Crippen LogP contribution is 2.27. The summed E-state index contributed by atoms with van der Waals surface area (Å²) in [5, 5.41) is 4.21. The Hall–Kier alpha value is -1.29. The number of hydrogen-bond donors (Lipinski definition) is 1. The topological polar surface area (TPSA) is 34.1 Å². The molecule has 100 valence electrons. The fraction of sp³-hybridized carbons (Fsp3) is 0.214. The predicted octanol–water partition coefficient (Wildman–Crippen LogP) is 4.46. The number of hydrogen-bond acceptors (Lipinski definition) is 3. The van der Waals surface area contributed by atoms with Crippen LogP contribution < -0.4 is 10.1 Å². The second kappa shape index (κ2) is 6.24. The summed E-state index contributed by atoms with van der Waals surface area (Å²) >= 11 is 11.8. The van der Waals surface area contributed by atoms with Gasteiger partial charge in [0, 0.05) is 28.4 Å². The molecule has 0 aliphatic carbocycles. The number of halogens is 2. The van der Waals surface area contributed by atoms with Crippen LogP contribution >= 0.6 is 23.2 Å². The molecule has 1 aromatic carbocycles. The van der Waals surface area contributed by atoms with Gasteiger partial charge in [-0.25, -0.2) is 4.98 Å². The molecule has 1 aromatic heterocycles. The highest BCUT2D eigenvalue weighted by molar-refractivity contribution is 6.34. The van der Waals surface area contributed by atoms with Crippen LogP contribution in [0.15, 0.2) is 36.5 Å². The first-order valence-electron chi connectivity index (χ1n) is 5.85. The van der Waals surface area contributed by atoms with Crippen LogP contribution in [0.4, 0.5) is 0 Å². The maximum atomic E-state index is 5.91. The van der Waals surface area contributed by atoms with E-state index < -0.39 is 0 Å². The van der Waals surface area contributed by atoms with Crippen molar-refractivity contribution < 1.29 is 4.74 Å². The summed E-state index contributed by atoms with van der Waals surface area (Å²) in [6.07, 6.45) is 1.78. The Bertz CT molecular complexity index is 538. The van der Waals surface area contributed by atoms with Crippen LogP contribution in [-0.2, 0) is 0 Å². The minimum Gasteiger partial charge on any atom is -0.439 e. The van der Waals surface area contributed by atoms with Gasteiger partial charge in [0.25, 0.3) is 0 Å². The van der Waals surface area contributed by atoms with Gasteiger partial charge in [0.1, 0.15) is 5.75 Å². The summed E-state index contributed by atoms with van der Waals surface area (Å²) in [5.74, 6) is 1.07. The molecule has 1 atom stereocenters. The van der Waals surface area contributed by atoms with Crippen molar-refractivity contribution in [2.45, 2.75) is 13.0 Å². The van der Waals surface area contributed by atoms with E-state index in [1.165, 1.54) is 0 Å². The predicted molar refractivity (Wildman–Crippen MR) is 78.2 cm³/mol. The minimum absolute atomic E-state index is 0.252. The minimum atomic E-state index is 0.252. The lowest BCUT2D eigenvalue weighted by atomic mass is 10.1. The number of rotatable bonds is 4. The van der Waals surface area contributed by atoms with Crippen molar-refractivity contribution in [1.29, 1.82) is 0 Å². The van der Waals surface area contributed by atoms with E-state index in [0.29, 0.717) is 21.7 Å². The van der Waals surface area contributed by atoms with Gasteiger partial charge in [-0.2, -0.15) is 0 Å². The van der Waals surface area contributed by atoms with Crippen LogP contribution in [0, 0.1) is 0 Å². The van der Waals surface area contributed by atoms with Gasteiger partial charge < -0.3 is 10.1 Å². The molecule has 0 radical (unpaired) electrons. The third kappa shape index (κ3) is 3.83. The molecule has 0 spiro atoms. The van der Waals surface area contributed by atoms with Crippen molar-refractivity contribution in [1.82, 2.24) is 10.3 Å². The molecule has 5 heteroatoms. The normalized spacial score (nSPS) is 12.2. The van der Waals surface area contributed by atoms with Crippen molar-refractivity contribution in [2.75, 3.05) is 7.05 Å². The fourth-order valence-electron chi connectivity index (χ4n) is 1.58. The highest BCUT2D eigenvalue weighted by Gasteiger charge is 2.05. The molecule has 0 amide bonds. The molecule has 0 bridgehead atoms. The van der Waals surface area contributed by atoms with E-state index in [1.54, 1.807) is 24.4 Å². The zero-order chi connectivity index (χ0) is 13.8. The highest BCUT2D eigenvalue weighted by atomic mass is 35.5. The molecule has 0 aliphatic rings. The monoisotopic (exact) mass is 296 g/mol. The van der Waals surface area contributed by atoms with Crippen LogP contribution in [0.1, 0.15) is 18.5 Å². The Morgan fingerprint density at radius 1 is 1.16 bits per heavy atom. The molecule has 0 aliphatic heterocycles. The Morgan fingerprint density at radius 2 is 1.84 bits per heavy atom. The second-order valence-corrected chi connectivity index (χ2v) is 5.02. The standard InChI is InChI=1S/C14H14Cl2N2O/c1-9(17-2)10-3-4-14(18-8-10)19-13-6-11(15)5-12(16)7-13/h3-9,17H,1-2H3. The molecule has 0 saturated carbocycles. The van der Waals surface area contributed by atoms with Gasteiger partial charge in [-0.15, -0.1) is 0 Å². The maximum absolute atomic E-state index is 5.91. The van der Waals surface area contributed by atoms with Crippen LogP contribution in [0.2, 0.25) is 10.0 Å². The van der Waals surface area contributed by atoms with Crippen LogP contribution in [0.3, 0.4) is 0 Å². The number of benzene rings is 1. The molecule has 2 aromatic rings. The first kappa shape index (κ1) is 14.1. The van der Waals surface area contributed by atoms with Gasteiger partial charge in [-0.05, 0) is 37.7 Å². The van der Waals surface area contributed by atoms with E-state index >= 15 is 0 Å². The van der Waals surface area contributed by atoms with E-state index in [-0.39, 0.29) is 6.04 Å². The number of nitrogens with zero attached hydrogens (tertiary/aromatic N) is 1. The average molecular weight is 297 g/mol. The lowest BCUT2D eigenvalue weighted by Gasteiger charge is -2.11. The van der Waals surface area contributed by atoms with E-state index in [0.717, 1.165) is 5.56 Å². The number of nitrogens with one attached hydrogen (secondary N) is 1. The third-order valence-electron chi connectivity index (χ3n) is 2.75. The summed E-state index contributed by atoms with van der Waals surface area (Å²) in [4.78, 5) is 4.25. The first-order valence-corrected chi connectivity index (χ1v) is 6.61. The molecule has 19 heavy (non-hydrogen) atoms. The van der Waals surface area contributed by atoms with Gasteiger partial charge >= 0.3 is 0 Å². The number of aromatic nitrogens is 1. The van der Waals surface area contributed by atoms with E-state index in [4.69, 9.17) is 27.9 Å². The Balaban J connectivity index is 2.15. The molecule has 0 fully saturated rings. The fourth-order valence-corrected chi connectivity index (χ4v) is 2.09. The molecule has 3 nitrogen and oxygen atoms in total. The lowest BCUT2D eigenvalue weighted by Crippen LogP contribution is -2.12. The van der Waals surface area contributed by atoms with Crippen molar-refractivity contribution in [3.63, 3.8) is 0 Å². The van der Waals surface area contributed by atoms with Gasteiger partial charge in [0.15, 0.2) is 0 Å². The molecular formula is C14H14Cl2N2O. The molecule has 1 unspecified atom stereocenters. The smallest absolute Gasteiger partial charge is 0.219 e. The summed E-state index contributed by atoms with van der Waals surface area (Å²) in [5.41, 5.74) is 1.10. The van der Waals surface area contributed by atoms with E-state index in [9.17, 15) is 0 Å². The summed E-state index contributed by atoms with van der Waals surface area (Å²) in [6.45, 7) is 2.06. The third-order valence-corrected chi connectivity index (χ3v) is 3.19. The maximum Gasteiger partial charge on any atom is 0.219 e. The molecule has 1 heterocycles. The van der Waals surface area contributed by atoms with Crippen LogP contribution in [0.25, 0.3) is 0 Å². The lowest BCUT2D eigenvalue weighted by molar-refractivity contribution is 0.462. The molecular weight excluding hydrogens is 283 g/mol. The summed E-state index contributed by atoms with van der Waals surface area (Å²) in [7, 11) is 1.91. The van der Waals surface area contributed by atoms with Crippen molar-refractivity contribution in [3.05, 3.63) is 52.1 Å². The summed E-state index contributed by atoms with van der Waals surface area (Å²) in [6, 6.07) is 9.08. The Labute approximate surface area is 122 Å². The van der Waals surface area contributed by atoms with Crippen molar-refractivity contribution in [2.24, 2.45) is 0 Å². The van der Waals surface area contributed by atoms with E-state index in [1.807, 2.05) is 19.2 Å². The van der Waals surface area contributed by atoms with Gasteiger partial charge in [0.05, 0.1) is 0 Å². The molecule has 0 saturated heterocycles. The average Bonchev–Trinajstić information content (AvgIpc) is 2.37. The van der Waals surface area contributed by atoms with E-state index in [2.05, 4.69) is 17.2 Å². The largest absolute Gasteiger partial charge is 0.439 e. The van der Waals surface area contributed by atoms with Gasteiger partial charge in [-0.3, -0.25) is 0 Å². The Morgan fingerprint density at radius 3 is 2.37 bits per heavy atom. The SMILES string of the molecule is CNC(C)c1ccc(Oc2cc(Cl)cc(Cl)c2)nc1. The van der Waals surface area contributed by atoms with Crippen molar-refractivity contribution >= 4 is 23.2 Å². The zero-order valence-corrected chi connectivity index (χ0v) is 12.2.